The van der Waals surface area contributed by atoms with E-state index in [-0.39, 0.29) is 0 Å². The molecule has 0 amide bonds. The van der Waals surface area contributed by atoms with Gasteiger partial charge in [-0.1, -0.05) is 40.0 Å². The van der Waals surface area contributed by atoms with Crippen molar-refractivity contribution in [1.82, 2.24) is 10.3 Å². The summed E-state index contributed by atoms with van der Waals surface area (Å²) in [6.07, 6.45) is 6.85. The summed E-state index contributed by atoms with van der Waals surface area (Å²) in [6.45, 7) is 8.66. The molecule has 1 N–H and O–H groups in total. The molecule has 3 heteroatoms. The summed E-state index contributed by atoms with van der Waals surface area (Å²) in [7, 11) is 0. The summed E-state index contributed by atoms with van der Waals surface area (Å²) in [6, 6.07) is 5.87. The Bertz CT molecular complexity index is 418. The fraction of sp³-hybridized carbons (Fsp3) is 0.625. The lowest BCUT2D eigenvalue weighted by Crippen LogP contribution is -2.29. The Morgan fingerprint density at radius 1 is 1.37 bits per heavy atom. The second-order valence-corrected chi connectivity index (χ2v) is 5.89. The van der Waals surface area contributed by atoms with E-state index in [9.17, 15) is 0 Å². The van der Waals surface area contributed by atoms with Crippen LogP contribution in [-0.2, 0) is 6.54 Å². The van der Waals surface area contributed by atoms with Gasteiger partial charge in [0.05, 0.1) is 0 Å². The molecule has 19 heavy (non-hydrogen) atoms. The van der Waals surface area contributed by atoms with Crippen molar-refractivity contribution in [2.45, 2.75) is 53.0 Å². The molecule has 0 atom stereocenters. The van der Waals surface area contributed by atoms with Crippen LogP contribution in [0.5, 0.6) is 0 Å². The quantitative estimate of drug-likeness (QED) is 0.725. The van der Waals surface area contributed by atoms with Crippen LogP contribution in [0, 0.1) is 16.7 Å². The van der Waals surface area contributed by atoms with Crippen molar-refractivity contribution in [1.29, 1.82) is 5.26 Å². The molecule has 0 fully saturated rings. The van der Waals surface area contributed by atoms with Gasteiger partial charge >= 0.3 is 0 Å². The third kappa shape index (κ3) is 6.35. The number of hydrogen-bond donors (Lipinski definition) is 1. The molecule has 0 saturated carbocycles. The molecule has 0 aliphatic heterocycles. The van der Waals surface area contributed by atoms with Gasteiger partial charge in [0.25, 0.3) is 0 Å². The highest BCUT2D eigenvalue weighted by Gasteiger charge is 2.16. The van der Waals surface area contributed by atoms with Crippen molar-refractivity contribution in [3.05, 3.63) is 29.6 Å². The Morgan fingerprint density at radius 3 is 2.84 bits per heavy atom. The third-order valence-electron chi connectivity index (χ3n) is 3.33. The first-order chi connectivity index (χ1) is 9.07. The lowest BCUT2D eigenvalue weighted by Gasteiger charge is -2.25. The van der Waals surface area contributed by atoms with Crippen LogP contribution in [-0.4, -0.2) is 11.5 Å². The summed E-state index contributed by atoms with van der Waals surface area (Å²) in [5.41, 5.74) is 1.94. The molecule has 0 unspecified atom stereocenters. The Labute approximate surface area is 117 Å². The number of hydrogen-bond acceptors (Lipinski definition) is 3. The van der Waals surface area contributed by atoms with Gasteiger partial charge in [0.1, 0.15) is 11.8 Å². The first-order valence-electron chi connectivity index (χ1n) is 7.13. The van der Waals surface area contributed by atoms with Gasteiger partial charge in [-0.2, -0.15) is 5.26 Å². The minimum atomic E-state index is 0.334. The van der Waals surface area contributed by atoms with Gasteiger partial charge in [-0.25, -0.2) is 4.98 Å². The van der Waals surface area contributed by atoms with Gasteiger partial charge in [0, 0.05) is 19.3 Å². The van der Waals surface area contributed by atoms with Crippen LogP contribution in [0.3, 0.4) is 0 Å². The van der Waals surface area contributed by atoms with Crippen molar-refractivity contribution in [2.24, 2.45) is 5.41 Å². The Hall–Kier alpha value is -1.40. The minimum Gasteiger partial charge on any atom is -0.312 e. The zero-order valence-electron chi connectivity index (χ0n) is 12.4. The number of rotatable bonds is 8. The fourth-order valence-electron chi connectivity index (χ4n) is 2.13. The van der Waals surface area contributed by atoms with Crippen molar-refractivity contribution in [2.75, 3.05) is 6.54 Å². The zero-order chi connectivity index (χ0) is 14.1. The van der Waals surface area contributed by atoms with Gasteiger partial charge in [-0.3, -0.25) is 0 Å². The average Bonchev–Trinajstić information content (AvgIpc) is 2.39. The number of aromatic nitrogens is 1. The molecule has 3 nitrogen and oxygen atoms in total. The van der Waals surface area contributed by atoms with Crippen molar-refractivity contribution in [3.63, 3.8) is 0 Å². The molecule has 0 aliphatic carbocycles. The molecule has 0 bridgehead atoms. The minimum absolute atomic E-state index is 0.334. The second-order valence-electron chi connectivity index (χ2n) is 5.89. The van der Waals surface area contributed by atoms with E-state index < -0.39 is 0 Å². The van der Waals surface area contributed by atoms with E-state index in [2.05, 4.69) is 37.1 Å². The van der Waals surface area contributed by atoms with Crippen molar-refractivity contribution in [3.8, 4) is 6.07 Å². The van der Waals surface area contributed by atoms with E-state index in [1.54, 1.807) is 6.20 Å². The van der Waals surface area contributed by atoms with Crippen LogP contribution in [0.2, 0.25) is 0 Å². The van der Waals surface area contributed by atoms with Gasteiger partial charge in [-0.15, -0.1) is 0 Å². The molecule has 0 aliphatic rings. The summed E-state index contributed by atoms with van der Waals surface area (Å²) >= 11 is 0. The van der Waals surface area contributed by atoms with Crippen LogP contribution in [0.25, 0.3) is 0 Å². The van der Waals surface area contributed by atoms with E-state index in [4.69, 9.17) is 5.26 Å². The highest BCUT2D eigenvalue weighted by atomic mass is 14.9. The van der Waals surface area contributed by atoms with Gasteiger partial charge in [0.15, 0.2) is 0 Å². The maximum Gasteiger partial charge on any atom is 0.140 e. The van der Waals surface area contributed by atoms with Crippen LogP contribution < -0.4 is 5.32 Å². The standard InChI is InChI=1S/C16H25N3/c1-4-5-6-8-16(2,3)13-18-12-14-7-9-19-15(10-14)11-17/h7,9-10,18H,4-6,8,12-13H2,1-3H3. The van der Waals surface area contributed by atoms with Gasteiger partial charge in [-0.05, 0) is 29.5 Å². The van der Waals surface area contributed by atoms with Crippen molar-refractivity contribution >= 4 is 0 Å². The van der Waals surface area contributed by atoms with Crippen LogP contribution in [0.4, 0.5) is 0 Å². The first-order valence-corrected chi connectivity index (χ1v) is 7.13. The van der Waals surface area contributed by atoms with E-state index in [1.807, 2.05) is 12.1 Å². The molecule has 0 saturated heterocycles. The summed E-state index contributed by atoms with van der Waals surface area (Å²) in [5, 5.41) is 12.3. The predicted octanol–water partition coefficient (Wildman–Crippen LogP) is 3.65. The highest BCUT2D eigenvalue weighted by molar-refractivity contribution is 5.25. The lowest BCUT2D eigenvalue weighted by molar-refractivity contribution is 0.302. The van der Waals surface area contributed by atoms with E-state index >= 15 is 0 Å². The largest absolute Gasteiger partial charge is 0.312 e. The van der Waals surface area contributed by atoms with Crippen LogP contribution >= 0.6 is 0 Å². The maximum atomic E-state index is 8.80. The molecule has 0 radical (unpaired) electrons. The van der Waals surface area contributed by atoms with Gasteiger partial charge in [0.2, 0.25) is 0 Å². The molecule has 104 valence electrons. The number of nitriles is 1. The number of nitrogens with zero attached hydrogens (tertiary/aromatic N) is 2. The topological polar surface area (TPSA) is 48.7 Å². The van der Waals surface area contributed by atoms with E-state index in [1.165, 1.54) is 25.7 Å². The smallest absolute Gasteiger partial charge is 0.140 e. The van der Waals surface area contributed by atoms with Gasteiger partial charge < -0.3 is 5.32 Å². The maximum absolute atomic E-state index is 8.80. The Kier molecular flexibility index (Phi) is 6.52. The number of unbranched alkanes of at least 4 members (excludes halogenated alkanes) is 2. The zero-order valence-corrected chi connectivity index (χ0v) is 12.4. The fourth-order valence-corrected chi connectivity index (χ4v) is 2.13. The second kappa shape index (κ2) is 7.91. The van der Waals surface area contributed by atoms with Crippen LogP contribution in [0.15, 0.2) is 18.3 Å². The Balaban J connectivity index is 2.34. The summed E-state index contributed by atoms with van der Waals surface area (Å²) in [4.78, 5) is 3.98. The molecular formula is C16H25N3. The van der Waals surface area contributed by atoms with Crippen molar-refractivity contribution < 1.29 is 0 Å². The first kappa shape index (κ1) is 15.7. The molecule has 1 aromatic heterocycles. The van der Waals surface area contributed by atoms with E-state index in [0.29, 0.717) is 11.1 Å². The average molecular weight is 259 g/mol. The molecule has 1 aromatic rings. The Morgan fingerprint density at radius 2 is 2.16 bits per heavy atom. The normalized spacial score (nSPS) is 11.3. The molecule has 1 rings (SSSR count). The third-order valence-corrected chi connectivity index (χ3v) is 3.33. The van der Waals surface area contributed by atoms with E-state index in [0.717, 1.165) is 18.7 Å². The SMILES string of the molecule is CCCCCC(C)(C)CNCc1ccnc(C#N)c1. The molecular weight excluding hydrogens is 234 g/mol. The predicted molar refractivity (Wildman–Crippen MR) is 78.6 cm³/mol. The van der Waals surface area contributed by atoms with Crippen LogP contribution in [0.1, 0.15) is 57.7 Å². The molecule has 0 spiro atoms. The molecule has 0 aromatic carbocycles. The summed E-state index contributed by atoms with van der Waals surface area (Å²) in [5.74, 6) is 0. The highest BCUT2D eigenvalue weighted by Crippen LogP contribution is 2.22. The lowest BCUT2D eigenvalue weighted by atomic mass is 9.87. The monoisotopic (exact) mass is 259 g/mol. The number of nitrogens with one attached hydrogen (secondary N) is 1. The summed E-state index contributed by atoms with van der Waals surface area (Å²) < 4.78 is 0. The molecule has 1 heterocycles. The number of pyridine rings is 1.